The highest BCUT2D eigenvalue weighted by Gasteiger charge is 2.63. The zero-order chi connectivity index (χ0) is 13.8. The van der Waals surface area contributed by atoms with E-state index < -0.39 is 17.2 Å². The summed E-state index contributed by atoms with van der Waals surface area (Å²) in [6, 6.07) is 3.63. The van der Waals surface area contributed by atoms with Crippen LogP contribution in [-0.2, 0) is 10.4 Å². The number of rotatable bonds is 1. The largest absolute Gasteiger partial charge is 0.424 e. The van der Waals surface area contributed by atoms with Crippen LogP contribution in [0.2, 0.25) is 0 Å². The van der Waals surface area contributed by atoms with Crippen molar-refractivity contribution in [2.24, 2.45) is 0 Å². The summed E-state index contributed by atoms with van der Waals surface area (Å²) in [6.45, 7) is 3.74. The summed E-state index contributed by atoms with van der Waals surface area (Å²) in [7, 11) is 0. The van der Waals surface area contributed by atoms with E-state index in [2.05, 4.69) is 0 Å². The first-order valence-electron chi connectivity index (χ1n) is 6.67. The van der Waals surface area contributed by atoms with Gasteiger partial charge in [0.05, 0.1) is 0 Å². The molecule has 1 aliphatic carbocycles. The molecule has 3 rings (SSSR count). The van der Waals surface area contributed by atoms with Crippen molar-refractivity contribution < 1.29 is 19.7 Å². The van der Waals surface area contributed by atoms with Crippen LogP contribution < -0.4 is 4.74 Å². The molecule has 4 nitrogen and oxygen atoms in total. The van der Waals surface area contributed by atoms with Gasteiger partial charge in [0, 0.05) is 5.56 Å². The monoisotopic (exact) mass is 262 g/mol. The Morgan fingerprint density at radius 2 is 1.79 bits per heavy atom. The number of hydrogen-bond donors (Lipinski definition) is 2. The van der Waals surface area contributed by atoms with Gasteiger partial charge in [0.1, 0.15) is 11.4 Å². The molecule has 1 unspecified atom stereocenters. The Kier molecular flexibility index (Phi) is 2.53. The average Bonchev–Trinajstić information content (AvgIpc) is 2.85. The molecule has 0 amide bonds. The average molecular weight is 262 g/mol. The maximum Gasteiger partial charge on any atom is 0.351 e. The number of ether oxygens (including phenoxy) is 1. The number of aryl methyl sites for hydroxylation is 2. The summed E-state index contributed by atoms with van der Waals surface area (Å²) in [5.74, 6) is -0.370. The van der Waals surface area contributed by atoms with Gasteiger partial charge in [0.2, 0.25) is 5.60 Å². The molecule has 0 bridgehead atoms. The maximum absolute atomic E-state index is 12.2. The topological polar surface area (TPSA) is 66.8 Å². The van der Waals surface area contributed by atoms with Crippen molar-refractivity contribution in [2.75, 3.05) is 0 Å². The van der Waals surface area contributed by atoms with Crippen LogP contribution in [0.1, 0.15) is 42.4 Å². The molecular weight excluding hydrogens is 244 g/mol. The molecule has 2 aliphatic rings. The van der Waals surface area contributed by atoms with Crippen molar-refractivity contribution in [2.45, 2.75) is 50.7 Å². The van der Waals surface area contributed by atoms with Crippen molar-refractivity contribution >= 4 is 5.97 Å². The lowest BCUT2D eigenvalue weighted by atomic mass is 9.75. The first-order chi connectivity index (χ1) is 8.88. The SMILES string of the molecule is Cc1cc(C)c2c(c1)OC(=O)C2(O)C1(O)CCCC1. The third-order valence-corrected chi connectivity index (χ3v) is 4.41. The molecule has 4 heteroatoms. The van der Waals surface area contributed by atoms with Crippen molar-refractivity contribution in [1.82, 2.24) is 0 Å². The highest BCUT2D eigenvalue weighted by Crippen LogP contribution is 2.52. The Morgan fingerprint density at radius 1 is 1.16 bits per heavy atom. The zero-order valence-corrected chi connectivity index (χ0v) is 11.2. The standard InChI is InChI=1S/C15H18O4/c1-9-7-10(2)12-11(8-9)19-13(16)15(12,18)14(17)5-3-4-6-14/h7-8,17-18H,3-6H2,1-2H3. The highest BCUT2D eigenvalue weighted by molar-refractivity contribution is 5.91. The normalized spacial score (nSPS) is 28.3. The second-order valence-electron chi connectivity index (χ2n) is 5.79. The molecular formula is C15H18O4. The Hall–Kier alpha value is -1.39. The molecule has 1 saturated carbocycles. The number of carbonyl (C=O) groups excluding carboxylic acids is 1. The summed E-state index contributed by atoms with van der Waals surface area (Å²) in [4.78, 5) is 12.2. The smallest absolute Gasteiger partial charge is 0.351 e. The van der Waals surface area contributed by atoms with E-state index in [1.807, 2.05) is 19.9 Å². The molecule has 1 fully saturated rings. The fourth-order valence-electron chi connectivity index (χ4n) is 3.49. The van der Waals surface area contributed by atoms with Crippen LogP contribution in [-0.4, -0.2) is 21.8 Å². The molecule has 0 spiro atoms. The van der Waals surface area contributed by atoms with Crippen LogP contribution in [0.25, 0.3) is 0 Å². The lowest BCUT2D eigenvalue weighted by molar-refractivity contribution is -0.185. The van der Waals surface area contributed by atoms with Crippen LogP contribution in [0, 0.1) is 13.8 Å². The third kappa shape index (κ3) is 1.50. The van der Waals surface area contributed by atoms with Crippen molar-refractivity contribution in [3.63, 3.8) is 0 Å². The summed E-state index contributed by atoms with van der Waals surface area (Å²) < 4.78 is 5.21. The van der Waals surface area contributed by atoms with E-state index in [0.29, 0.717) is 24.2 Å². The minimum Gasteiger partial charge on any atom is -0.424 e. The number of benzene rings is 1. The van der Waals surface area contributed by atoms with Gasteiger partial charge in [-0.15, -0.1) is 0 Å². The van der Waals surface area contributed by atoms with E-state index in [1.54, 1.807) is 6.07 Å². The van der Waals surface area contributed by atoms with Crippen molar-refractivity contribution in [3.8, 4) is 5.75 Å². The highest BCUT2D eigenvalue weighted by atomic mass is 16.6. The van der Waals surface area contributed by atoms with Gasteiger partial charge in [0.25, 0.3) is 0 Å². The van der Waals surface area contributed by atoms with Gasteiger partial charge >= 0.3 is 5.97 Å². The lowest BCUT2D eigenvalue weighted by Gasteiger charge is -2.35. The minimum absolute atomic E-state index is 0.380. The molecule has 1 aromatic carbocycles. The molecule has 0 aromatic heterocycles. The maximum atomic E-state index is 12.2. The summed E-state index contributed by atoms with van der Waals surface area (Å²) in [5, 5.41) is 21.6. The molecule has 1 atom stereocenters. The van der Waals surface area contributed by atoms with Gasteiger partial charge in [-0.3, -0.25) is 0 Å². The second kappa shape index (κ2) is 3.81. The van der Waals surface area contributed by atoms with Gasteiger partial charge in [-0.05, 0) is 43.9 Å². The van der Waals surface area contributed by atoms with Gasteiger partial charge in [-0.25, -0.2) is 4.79 Å². The summed E-state index contributed by atoms with van der Waals surface area (Å²) in [5.41, 5.74) is -1.14. The summed E-state index contributed by atoms with van der Waals surface area (Å²) in [6.07, 6.45) is 2.47. The van der Waals surface area contributed by atoms with Gasteiger partial charge in [0.15, 0.2) is 0 Å². The van der Waals surface area contributed by atoms with Crippen molar-refractivity contribution in [3.05, 3.63) is 28.8 Å². The first kappa shape index (κ1) is 12.6. The van der Waals surface area contributed by atoms with Crippen LogP contribution in [0.4, 0.5) is 0 Å². The number of carbonyl (C=O) groups is 1. The van der Waals surface area contributed by atoms with E-state index in [4.69, 9.17) is 4.74 Å². The molecule has 0 radical (unpaired) electrons. The Labute approximate surface area is 112 Å². The van der Waals surface area contributed by atoms with Gasteiger partial charge in [-0.1, -0.05) is 18.9 Å². The molecule has 1 aromatic rings. The van der Waals surface area contributed by atoms with Crippen LogP contribution in [0.3, 0.4) is 0 Å². The van der Waals surface area contributed by atoms with E-state index in [9.17, 15) is 15.0 Å². The lowest BCUT2D eigenvalue weighted by Crippen LogP contribution is -2.54. The fraction of sp³-hybridized carbons (Fsp3) is 0.533. The van der Waals surface area contributed by atoms with Crippen LogP contribution >= 0.6 is 0 Å². The number of esters is 1. The van der Waals surface area contributed by atoms with E-state index >= 15 is 0 Å². The third-order valence-electron chi connectivity index (χ3n) is 4.41. The zero-order valence-electron chi connectivity index (χ0n) is 11.2. The fourth-order valence-corrected chi connectivity index (χ4v) is 3.49. The molecule has 0 saturated heterocycles. The number of fused-ring (bicyclic) bond motifs is 1. The second-order valence-corrected chi connectivity index (χ2v) is 5.79. The minimum atomic E-state index is -1.92. The van der Waals surface area contributed by atoms with E-state index in [-0.39, 0.29) is 0 Å². The van der Waals surface area contributed by atoms with E-state index in [0.717, 1.165) is 24.0 Å². The molecule has 102 valence electrons. The van der Waals surface area contributed by atoms with E-state index in [1.165, 1.54) is 0 Å². The van der Waals surface area contributed by atoms with Gasteiger partial charge < -0.3 is 14.9 Å². The van der Waals surface area contributed by atoms with Crippen LogP contribution in [0.15, 0.2) is 12.1 Å². The first-order valence-corrected chi connectivity index (χ1v) is 6.67. The van der Waals surface area contributed by atoms with Gasteiger partial charge in [-0.2, -0.15) is 0 Å². The quantitative estimate of drug-likeness (QED) is 0.597. The Balaban J connectivity index is 2.22. The Bertz CT molecular complexity index is 558. The molecule has 2 N–H and O–H groups in total. The predicted molar refractivity (Wildman–Crippen MR) is 68.9 cm³/mol. The number of aliphatic hydroxyl groups is 2. The Morgan fingerprint density at radius 3 is 2.42 bits per heavy atom. The molecule has 1 heterocycles. The molecule has 19 heavy (non-hydrogen) atoms. The predicted octanol–water partition coefficient (Wildman–Crippen LogP) is 1.72. The summed E-state index contributed by atoms with van der Waals surface area (Å²) >= 11 is 0. The van der Waals surface area contributed by atoms with Crippen LogP contribution in [0.5, 0.6) is 5.75 Å². The van der Waals surface area contributed by atoms with Crippen molar-refractivity contribution in [1.29, 1.82) is 0 Å². The molecule has 1 aliphatic heterocycles. The number of hydrogen-bond acceptors (Lipinski definition) is 4.